The molecule has 31 heavy (non-hydrogen) atoms. The van der Waals surface area contributed by atoms with Crippen LogP contribution in [-0.2, 0) is 5.67 Å². The number of imidazole rings is 1. The van der Waals surface area contributed by atoms with Gasteiger partial charge < -0.3 is 14.6 Å². The number of pyridine rings is 1. The topological polar surface area (TPSA) is 49.6 Å². The molecule has 1 unspecified atom stereocenters. The van der Waals surface area contributed by atoms with E-state index in [1.807, 2.05) is 32.1 Å². The summed E-state index contributed by atoms with van der Waals surface area (Å²) in [7, 11) is 0. The van der Waals surface area contributed by atoms with Gasteiger partial charge in [-0.15, -0.1) is 0 Å². The third-order valence-corrected chi connectivity index (χ3v) is 6.17. The van der Waals surface area contributed by atoms with Crippen molar-refractivity contribution in [2.45, 2.75) is 45.8 Å². The van der Waals surface area contributed by atoms with Gasteiger partial charge in [0.05, 0.1) is 17.3 Å². The highest BCUT2D eigenvalue weighted by atomic mass is 19.1. The van der Waals surface area contributed by atoms with Crippen LogP contribution in [0, 0.1) is 12.7 Å². The molecule has 2 aromatic heterocycles. The number of fused-ring (bicyclic) bond motifs is 1. The maximum atomic E-state index is 15.7. The smallest absolute Gasteiger partial charge is 0.254 e. The van der Waals surface area contributed by atoms with E-state index in [0.717, 1.165) is 11.3 Å². The lowest BCUT2D eigenvalue weighted by Gasteiger charge is -2.27. The van der Waals surface area contributed by atoms with Crippen molar-refractivity contribution >= 4 is 11.4 Å². The molecule has 0 radical (unpaired) electrons. The molecule has 4 rings (SSSR count). The first-order chi connectivity index (χ1) is 14.7. The first kappa shape index (κ1) is 21.4. The Hall–Kier alpha value is -2.80. The molecule has 1 saturated heterocycles. The number of nitrogens with zero attached hydrogens (tertiary/aromatic N) is 3. The van der Waals surface area contributed by atoms with E-state index in [0.29, 0.717) is 36.2 Å². The van der Waals surface area contributed by atoms with Crippen molar-refractivity contribution in [3.05, 3.63) is 59.4 Å². The number of carbonyl (C=O) groups excluding carboxylic acids is 1. The number of hydrogen-bond donors (Lipinski definition) is 1. The molecule has 1 aliphatic heterocycles. The lowest BCUT2D eigenvalue weighted by Crippen LogP contribution is -2.37. The fraction of sp³-hybridized carbons (Fsp3) is 0.417. The summed E-state index contributed by atoms with van der Waals surface area (Å²) >= 11 is 0. The predicted octanol–water partition coefficient (Wildman–Crippen LogP) is 4.48. The van der Waals surface area contributed by atoms with E-state index in [1.165, 1.54) is 12.1 Å². The van der Waals surface area contributed by atoms with Crippen molar-refractivity contribution in [3.63, 3.8) is 0 Å². The Morgan fingerprint density at radius 3 is 2.74 bits per heavy atom. The van der Waals surface area contributed by atoms with Crippen molar-refractivity contribution in [3.8, 4) is 11.1 Å². The molecule has 5 nitrogen and oxygen atoms in total. The summed E-state index contributed by atoms with van der Waals surface area (Å²) < 4.78 is 31.8. The molecule has 0 bridgehead atoms. The average Bonchev–Trinajstić information content (AvgIpc) is 3.34. The summed E-state index contributed by atoms with van der Waals surface area (Å²) in [6.07, 6.45) is 3.87. The van der Waals surface area contributed by atoms with E-state index in [-0.39, 0.29) is 24.1 Å². The number of rotatable bonds is 5. The van der Waals surface area contributed by atoms with Crippen LogP contribution in [0.3, 0.4) is 0 Å². The van der Waals surface area contributed by atoms with E-state index in [9.17, 15) is 9.18 Å². The lowest BCUT2D eigenvalue weighted by atomic mass is 9.91. The Kier molecular flexibility index (Phi) is 5.56. The largest absolute Gasteiger partial charge is 0.336 e. The van der Waals surface area contributed by atoms with Gasteiger partial charge in [-0.2, -0.15) is 0 Å². The van der Waals surface area contributed by atoms with Gasteiger partial charge in [0, 0.05) is 36.5 Å². The van der Waals surface area contributed by atoms with E-state index < -0.39 is 11.5 Å². The van der Waals surface area contributed by atoms with Crippen LogP contribution in [0.2, 0.25) is 0 Å². The van der Waals surface area contributed by atoms with E-state index in [2.05, 4.69) is 10.3 Å². The van der Waals surface area contributed by atoms with Crippen LogP contribution in [0.15, 0.2) is 36.7 Å². The molecule has 0 aliphatic carbocycles. The first-order valence-electron chi connectivity index (χ1n) is 10.7. The molecule has 1 amide bonds. The molecule has 1 aliphatic rings. The van der Waals surface area contributed by atoms with Gasteiger partial charge in [-0.25, -0.2) is 13.8 Å². The number of alkyl halides is 1. The Morgan fingerprint density at radius 1 is 1.32 bits per heavy atom. The van der Waals surface area contributed by atoms with E-state index in [1.54, 1.807) is 29.4 Å². The molecule has 0 spiro atoms. The SMILES string of the molecule is CCN(C(=O)c1cc(F)ccc1-c1cc(C2(F)CCNC2)cn2c(C)ncc12)C(C)C. The maximum absolute atomic E-state index is 15.7. The molecule has 3 heterocycles. The Morgan fingerprint density at radius 2 is 2.10 bits per heavy atom. The quantitative estimate of drug-likeness (QED) is 0.655. The number of carbonyl (C=O) groups is 1. The number of amides is 1. The normalized spacial score (nSPS) is 18.8. The van der Waals surface area contributed by atoms with Crippen molar-refractivity contribution in [2.75, 3.05) is 19.6 Å². The number of nitrogens with one attached hydrogen (secondary N) is 1. The van der Waals surface area contributed by atoms with Crippen LogP contribution in [0.25, 0.3) is 16.6 Å². The van der Waals surface area contributed by atoms with E-state index in [4.69, 9.17) is 0 Å². The predicted molar refractivity (Wildman–Crippen MR) is 117 cm³/mol. The summed E-state index contributed by atoms with van der Waals surface area (Å²) in [5.41, 5.74) is 1.30. The highest BCUT2D eigenvalue weighted by Gasteiger charge is 2.37. The molecule has 164 valence electrons. The summed E-state index contributed by atoms with van der Waals surface area (Å²) in [5.74, 6) is -0.00461. The molecule has 7 heteroatoms. The second-order valence-electron chi connectivity index (χ2n) is 8.47. The van der Waals surface area contributed by atoms with Gasteiger partial charge in [-0.05, 0) is 64.4 Å². The minimum absolute atomic E-state index is 0.0316. The van der Waals surface area contributed by atoms with E-state index >= 15 is 4.39 Å². The maximum Gasteiger partial charge on any atom is 0.254 e. The van der Waals surface area contributed by atoms with Gasteiger partial charge in [-0.3, -0.25) is 4.79 Å². The van der Waals surface area contributed by atoms with Crippen molar-refractivity contribution in [2.24, 2.45) is 0 Å². The second-order valence-corrected chi connectivity index (χ2v) is 8.47. The number of halogens is 2. The summed E-state index contributed by atoms with van der Waals surface area (Å²) in [6.45, 7) is 8.96. The van der Waals surface area contributed by atoms with Crippen LogP contribution in [0.4, 0.5) is 8.78 Å². The Balaban J connectivity index is 1.96. The standard InChI is InChI=1S/C24H28F2N4O/c1-5-29(15(2)3)23(31)21-11-18(25)6-7-19(21)20-10-17(24(26)8-9-27-14-24)13-30-16(4)28-12-22(20)30/h6-7,10-13,15,27H,5,8-9,14H2,1-4H3. The fourth-order valence-corrected chi connectivity index (χ4v) is 4.42. The lowest BCUT2D eigenvalue weighted by molar-refractivity contribution is 0.0717. The number of aryl methyl sites for hydroxylation is 1. The zero-order chi connectivity index (χ0) is 22.3. The van der Waals surface area contributed by atoms with Crippen LogP contribution in [-0.4, -0.2) is 45.9 Å². The van der Waals surface area contributed by atoms with Crippen LogP contribution in [0.1, 0.15) is 48.9 Å². The molecule has 3 aromatic rings. The zero-order valence-electron chi connectivity index (χ0n) is 18.4. The second kappa shape index (κ2) is 8.04. The third kappa shape index (κ3) is 3.71. The number of aromatic nitrogens is 2. The molecule has 1 fully saturated rings. The molecule has 1 atom stereocenters. The minimum atomic E-state index is -1.50. The first-order valence-corrected chi connectivity index (χ1v) is 10.7. The van der Waals surface area contributed by atoms with Gasteiger partial charge in [0.2, 0.25) is 0 Å². The summed E-state index contributed by atoms with van der Waals surface area (Å²) in [5, 5.41) is 3.09. The molecular formula is C24H28F2N4O. The highest BCUT2D eigenvalue weighted by molar-refractivity contribution is 6.03. The van der Waals surface area contributed by atoms with Gasteiger partial charge >= 0.3 is 0 Å². The molecule has 1 aromatic carbocycles. The average molecular weight is 427 g/mol. The van der Waals surface area contributed by atoms with Crippen molar-refractivity contribution < 1.29 is 13.6 Å². The van der Waals surface area contributed by atoms with Crippen molar-refractivity contribution in [1.29, 1.82) is 0 Å². The minimum Gasteiger partial charge on any atom is -0.336 e. The summed E-state index contributed by atoms with van der Waals surface area (Å²) in [6, 6.07) is 5.98. The van der Waals surface area contributed by atoms with Gasteiger partial charge in [-0.1, -0.05) is 6.07 Å². The number of hydrogen-bond acceptors (Lipinski definition) is 3. The van der Waals surface area contributed by atoms with Gasteiger partial charge in [0.25, 0.3) is 5.91 Å². The molecule has 1 N–H and O–H groups in total. The van der Waals surface area contributed by atoms with Crippen LogP contribution >= 0.6 is 0 Å². The fourth-order valence-electron chi connectivity index (χ4n) is 4.42. The van der Waals surface area contributed by atoms with Gasteiger partial charge in [0.15, 0.2) is 5.67 Å². The Bertz CT molecular complexity index is 1130. The van der Waals surface area contributed by atoms with Crippen LogP contribution < -0.4 is 5.32 Å². The number of benzene rings is 1. The summed E-state index contributed by atoms with van der Waals surface area (Å²) in [4.78, 5) is 19.5. The van der Waals surface area contributed by atoms with Crippen molar-refractivity contribution in [1.82, 2.24) is 19.6 Å². The zero-order valence-corrected chi connectivity index (χ0v) is 18.4. The molecular weight excluding hydrogens is 398 g/mol. The third-order valence-electron chi connectivity index (χ3n) is 6.17. The van der Waals surface area contributed by atoms with Gasteiger partial charge in [0.1, 0.15) is 11.6 Å². The monoisotopic (exact) mass is 426 g/mol. The Labute approximate surface area is 181 Å². The van der Waals surface area contributed by atoms with Crippen LogP contribution in [0.5, 0.6) is 0 Å². The molecule has 0 saturated carbocycles. The highest BCUT2D eigenvalue weighted by Crippen LogP contribution is 2.38.